The number of hydrogen-bond acceptors (Lipinski definition) is 6. The number of amides is 1. The van der Waals surface area contributed by atoms with Crippen LogP contribution in [0.5, 0.6) is 5.75 Å². The Labute approximate surface area is 139 Å². The fourth-order valence-electron chi connectivity index (χ4n) is 2.98. The van der Waals surface area contributed by atoms with Crippen molar-refractivity contribution in [1.82, 2.24) is 10.2 Å². The highest BCUT2D eigenvalue weighted by atomic mass is 16.6. The van der Waals surface area contributed by atoms with E-state index >= 15 is 0 Å². The van der Waals surface area contributed by atoms with Crippen LogP contribution in [0.1, 0.15) is 12.8 Å². The molecule has 1 unspecified atom stereocenters. The number of piperidine rings is 1. The van der Waals surface area contributed by atoms with Crippen molar-refractivity contribution in [3.05, 3.63) is 34.4 Å². The average Bonchev–Trinajstić information content (AvgIpc) is 2.63. The van der Waals surface area contributed by atoms with Crippen LogP contribution in [0.4, 0.5) is 5.69 Å². The molecule has 1 N–H and O–H groups in total. The molecular formula is C16H21N3O5. The zero-order valence-corrected chi connectivity index (χ0v) is 13.3. The molecule has 2 heterocycles. The Balaban J connectivity index is 1.48. The third-order valence-corrected chi connectivity index (χ3v) is 4.32. The maximum Gasteiger partial charge on any atom is 0.269 e. The van der Waals surface area contributed by atoms with Gasteiger partial charge in [-0.3, -0.25) is 14.9 Å². The van der Waals surface area contributed by atoms with E-state index in [1.165, 1.54) is 12.1 Å². The Morgan fingerprint density at radius 2 is 2.00 bits per heavy atom. The highest BCUT2D eigenvalue weighted by molar-refractivity contribution is 5.82. The number of ether oxygens (including phenoxy) is 2. The second-order valence-electron chi connectivity index (χ2n) is 5.98. The van der Waals surface area contributed by atoms with Crippen LogP contribution in [-0.4, -0.2) is 60.7 Å². The summed E-state index contributed by atoms with van der Waals surface area (Å²) in [7, 11) is 0. The molecule has 0 saturated carbocycles. The van der Waals surface area contributed by atoms with Crippen molar-refractivity contribution >= 4 is 11.6 Å². The SMILES string of the molecule is O=C(C1COCCN1)N1CCC(Oc2ccc([N+](=O)[O-])cc2)CC1. The van der Waals surface area contributed by atoms with E-state index in [0.29, 0.717) is 38.6 Å². The number of likely N-dealkylation sites (tertiary alicyclic amines) is 1. The number of hydrogen-bond donors (Lipinski definition) is 1. The van der Waals surface area contributed by atoms with E-state index in [4.69, 9.17) is 9.47 Å². The van der Waals surface area contributed by atoms with Gasteiger partial charge < -0.3 is 19.7 Å². The van der Waals surface area contributed by atoms with Crippen LogP contribution in [0.15, 0.2) is 24.3 Å². The summed E-state index contributed by atoms with van der Waals surface area (Å²) in [6, 6.07) is 5.84. The fourth-order valence-corrected chi connectivity index (χ4v) is 2.98. The number of nitrogens with zero attached hydrogens (tertiary/aromatic N) is 2. The Bertz CT molecular complexity index is 578. The van der Waals surface area contributed by atoms with Gasteiger partial charge in [-0.1, -0.05) is 0 Å². The topological polar surface area (TPSA) is 93.9 Å². The van der Waals surface area contributed by atoms with Crippen molar-refractivity contribution in [3.8, 4) is 5.75 Å². The summed E-state index contributed by atoms with van der Waals surface area (Å²) in [5.41, 5.74) is 0.0463. The lowest BCUT2D eigenvalue weighted by Gasteiger charge is -2.35. The third kappa shape index (κ3) is 4.01. The molecule has 130 valence electrons. The van der Waals surface area contributed by atoms with Crippen LogP contribution < -0.4 is 10.1 Å². The Morgan fingerprint density at radius 3 is 2.58 bits per heavy atom. The molecular weight excluding hydrogens is 314 g/mol. The molecule has 24 heavy (non-hydrogen) atoms. The summed E-state index contributed by atoms with van der Waals surface area (Å²) in [5.74, 6) is 0.705. The van der Waals surface area contributed by atoms with Crippen LogP contribution >= 0.6 is 0 Å². The van der Waals surface area contributed by atoms with Crippen LogP contribution in [0.3, 0.4) is 0 Å². The molecule has 1 aromatic carbocycles. The van der Waals surface area contributed by atoms with E-state index in [-0.39, 0.29) is 23.7 Å². The fraction of sp³-hybridized carbons (Fsp3) is 0.562. The Kier molecular flexibility index (Phi) is 5.27. The smallest absolute Gasteiger partial charge is 0.269 e. The first-order chi connectivity index (χ1) is 11.6. The zero-order chi connectivity index (χ0) is 16.9. The molecule has 0 radical (unpaired) electrons. The first-order valence-electron chi connectivity index (χ1n) is 8.14. The van der Waals surface area contributed by atoms with E-state index in [1.54, 1.807) is 12.1 Å². The number of carbonyl (C=O) groups is 1. The van der Waals surface area contributed by atoms with Crippen molar-refractivity contribution in [2.24, 2.45) is 0 Å². The molecule has 2 aliphatic rings. The summed E-state index contributed by atoms with van der Waals surface area (Å²) < 4.78 is 11.2. The lowest BCUT2D eigenvalue weighted by molar-refractivity contribution is -0.384. The molecule has 0 aliphatic carbocycles. The molecule has 0 aromatic heterocycles. The molecule has 1 aromatic rings. The lowest BCUT2D eigenvalue weighted by Crippen LogP contribution is -2.54. The summed E-state index contributed by atoms with van der Waals surface area (Å²) in [6.07, 6.45) is 1.51. The van der Waals surface area contributed by atoms with Crippen LogP contribution in [0.25, 0.3) is 0 Å². The van der Waals surface area contributed by atoms with E-state index in [2.05, 4.69) is 5.32 Å². The number of benzene rings is 1. The van der Waals surface area contributed by atoms with Crippen molar-refractivity contribution in [2.45, 2.75) is 25.0 Å². The quantitative estimate of drug-likeness (QED) is 0.650. The van der Waals surface area contributed by atoms with E-state index in [9.17, 15) is 14.9 Å². The molecule has 2 aliphatic heterocycles. The minimum Gasteiger partial charge on any atom is -0.490 e. The van der Waals surface area contributed by atoms with Crippen molar-refractivity contribution < 1.29 is 19.2 Å². The Hall–Kier alpha value is -2.19. The van der Waals surface area contributed by atoms with Gasteiger partial charge in [-0.15, -0.1) is 0 Å². The van der Waals surface area contributed by atoms with E-state index < -0.39 is 4.92 Å². The third-order valence-electron chi connectivity index (χ3n) is 4.32. The number of nitro benzene ring substituents is 1. The second kappa shape index (κ2) is 7.59. The van der Waals surface area contributed by atoms with Gasteiger partial charge in [0, 0.05) is 44.6 Å². The monoisotopic (exact) mass is 335 g/mol. The van der Waals surface area contributed by atoms with Crippen molar-refractivity contribution in [1.29, 1.82) is 0 Å². The van der Waals surface area contributed by atoms with Gasteiger partial charge in [0.05, 0.1) is 18.1 Å². The van der Waals surface area contributed by atoms with Crippen LogP contribution in [-0.2, 0) is 9.53 Å². The summed E-state index contributed by atoms with van der Waals surface area (Å²) in [5, 5.41) is 13.8. The van der Waals surface area contributed by atoms with Crippen molar-refractivity contribution in [3.63, 3.8) is 0 Å². The van der Waals surface area contributed by atoms with Crippen molar-refractivity contribution in [2.75, 3.05) is 32.8 Å². The van der Waals surface area contributed by atoms with Gasteiger partial charge >= 0.3 is 0 Å². The van der Waals surface area contributed by atoms with Gasteiger partial charge in [0.1, 0.15) is 17.9 Å². The van der Waals surface area contributed by atoms with Gasteiger partial charge in [0.2, 0.25) is 5.91 Å². The number of morpholine rings is 1. The molecule has 1 amide bonds. The van der Waals surface area contributed by atoms with Crippen LogP contribution in [0.2, 0.25) is 0 Å². The maximum absolute atomic E-state index is 12.4. The van der Waals surface area contributed by atoms with Gasteiger partial charge in [0.25, 0.3) is 5.69 Å². The number of non-ortho nitro benzene ring substituents is 1. The van der Waals surface area contributed by atoms with Gasteiger partial charge in [-0.25, -0.2) is 0 Å². The molecule has 2 fully saturated rings. The number of nitrogens with one attached hydrogen (secondary N) is 1. The van der Waals surface area contributed by atoms with Crippen LogP contribution in [0, 0.1) is 10.1 Å². The second-order valence-corrected chi connectivity index (χ2v) is 5.98. The molecule has 1 atom stereocenters. The number of carbonyl (C=O) groups excluding carboxylic acids is 1. The summed E-state index contributed by atoms with van der Waals surface area (Å²) >= 11 is 0. The highest BCUT2D eigenvalue weighted by Crippen LogP contribution is 2.22. The molecule has 0 bridgehead atoms. The Morgan fingerprint density at radius 1 is 1.29 bits per heavy atom. The summed E-state index contributed by atoms with van der Waals surface area (Å²) in [4.78, 5) is 24.5. The van der Waals surface area contributed by atoms with E-state index in [1.807, 2.05) is 4.90 Å². The first-order valence-corrected chi connectivity index (χ1v) is 8.14. The molecule has 8 heteroatoms. The maximum atomic E-state index is 12.4. The molecule has 2 saturated heterocycles. The predicted octanol–water partition coefficient (Wildman–Crippen LogP) is 0.953. The standard InChI is InChI=1S/C16H21N3O5/c20-16(15-11-23-10-7-17-15)18-8-5-14(6-9-18)24-13-3-1-12(2-4-13)19(21)22/h1-4,14-15,17H,5-11H2. The van der Waals surface area contributed by atoms with Gasteiger partial charge in [0.15, 0.2) is 0 Å². The highest BCUT2D eigenvalue weighted by Gasteiger charge is 2.30. The predicted molar refractivity (Wildman–Crippen MR) is 85.9 cm³/mol. The number of rotatable bonds is 4. The first kappa shape index (κ1) is 16.7. The van der Waals surface area contributed by atoms with Gasteiger partial charge in [-0.2, -0.15) is 0 Å². The zero-order valence-electron chi connectivity index (χ0n) is 13.3. The summed E-state index contributed by atoms with van der Waals surface area (Å²) in [6.45, 7) is 3.08. The minimum atomic E-state index is -0.434. The normalized spacial score (nSPS) is 22.2. The van der Waals surface area contributed by atoms with E-state index in [0.717, 1.165) is 12.8 Å². The largest absolute Gasteiger partial charge is 0.490 e. The lowest BCUT2D eigenvalue weighted by atomic mass is 10.1. The molecule has 3 rings (SSSR count). The van der Waals surface area contributed by atoms with Gasteiger partial charge in [-0.05, 0) is 12.1 Å². The minimum absolute atomic E-state index is 0.0195. The molecule has 0 spiro atoms. The average molecular weight is 335 g/mol. The molecule has 8 nitrogen and oxygen atoms in total. The number of nitro groups is 1.